The van der Waals surface area contributed by atoms with Crippen LogP contribution in [0.1, 0.15) is 6.92 Å². The van der Waals surface area contributed by atoms with E-state index in [0.29, 0.717) is 0 Å². The third-order valence-electron chi connectivity index (χ3n) is 1.46. The summed E-state index contributed by atoms with van der Waals surface area (Å²) in [6, 6.07) is -0.426. The van der Waals surface area contributed by atoms with E-state index in [-0.39, 0.29) is 6.54 Å². The van der Waals surface area contributed by atoms with Crippen LogP contribution < -0.4 is 10.6 Å². The molecule has 1 rings (SSSR count). The second kappa shape index (κ2) is 1.86. The van der Waals surface area contributed by atoms with Crippen LogP contribution in [-0.4, -0.2) is 29.2 Å². The highest BCUT2D eigenvalue weighted by atomic mass is 16.4. The Bertz CT molecular complexity index is 191. The Labute approximate surface area is 57.4 Å². The average molecular weight is 144 g/mol. The van der Waals surface area contributed by atoms with Gasteiger partial charge in [0.15, 0.2) is 5.54 Å². The Morgan fingerprint density at radius 2 is 2.40 bits per heavy atom. The molecule has 2 amide bonds. The number of aliphatic carboxylic acids is 1. The molecule has 1 saturated heterocycles. The Morgan fingerprint density at radius 1 is 1.80 bits per heavy atom. The normalized spacial score (nSPS) is 31.1. The summed E-state index contributed by atoms with van der Waals surface area (Å²) in [5.41, 5.74) is -1.13. The summed E-state index contributed by atoms with van der Waals surface area (Å²) in [4.78, 5) is 20.9. The topological polar surface area (TPSA) is 78.4 Å². The molecule has 1 heterocycles. The second-order valence-corrected chi connectivity index (χ2v) is 2.44. The average Bonchev–Trinajstić information content (AvgIpc) is 2.13. The van der Waals surface area contributed by atoms with E-state index in [4.69, 9.17) is 5.11 Å². The van der Waals surface area contributed by atoms with Gasteiger partial charge in [0, 0.05) is 0 Å². The van der Waals surface area contributed by atoms with Crippen molar-refractivity contribution in [3.63, 3.8) is 0 Å². The second-order valence-electron chi connectivity index (χ2n) is 2.44. The predicted molar refractivity (Wildman–Crippen MR) is 32.6 cm³/mol. The first kappa shape index (κ1) is 6.85. The number of urea groups is 1. The number of amides is 2. The monoisotopic (exact) mass is 144 g/mol. The number of carboxylic acid groups (broad SMARTS) is 1. The Morgan fingerprint density at radius 3 is 2.60 bits per heavy atom. The van der Waals surface area contributed by atoms with E-state index < -0.39 is 17.5 Å². The van der Waals surface area contributed by atoms with Gasteiger partial charge in [0.1, 0.15) is 0 Å². The highest BCUT2D eigenvalue weighted by molar-refractivity contribution is 5.89. The van der Waals surface area contributed by atoms with Gasteiger partial charge in [-0.25, -0.2) is 9.59 Å². The largest absolute Gasteiger partial charge is 0.479 e. The molecule has 0 aliphatic carbocycles. The van der Waals surface area contributed by atoms with Gasteiger partial charge >= 0.3 is 12.0 Å². The minimum atomic E-state index is -1.13. The van der Waals surface area contributed by atoms with Crippen LogP contribution in [0.3, 0.4) is 0 Å². The fraction of sp³-hybridized carbons (Fsp3) is 0.600. The first-order valence-corrected chi connectivity index (χ1v) is 2.84. The van der Waals surface area contributed by atoms with Crippen LogP contribution in [0.25, 0.3) is 0 Å². The molecule has 0 saturated carbocycles. The smallest absolute Gasteiger partial charge is 0.331 e. The zero-order valence-corrected chi connectivity index (χ0v) is 5.47. The van der Waals surface area contributed by atoms with Crippen molar-refractivity contribution in [1.82, 2.24) is 10.6 Å². The third kappa shape index (κ3) is 0.896. The van der Waals surface area contributed by atoms with Gasteiger partial charge in [-0.3, -0.25) is 0 Å². The molecule has 1 fully saturated rings. The van der Waals surface area contributed by atoms with Gasteiger partial charge in [0.25, 0.3) is 0 Å². The van der Waals surface area contributed by atoms with Crippen molar-refractivity contribution in [1.29, 1.82) is 0 Å². The number of rotatable bonds is 1. The molecule has 1 atom stereocenters. The Balaban J connectivity index is 2.72. The summed E-state index contributed by atoms with van der Waals surface area (Å²) in [5.74, 6) is -1.02. The lowest BCUT2D eigenvalue weighted by atomic mass is 10.1. The maximum absolute atomic E-state index is 10.5. The number of carbonyl (C=O) groups excluding carboxylic acids is 1. The molecule has 1 unspecified atom stereocenters. The summed E-state index contributed by atoms with van der Waals surface area (Å²) in [5, 5.41) is 13.2. The van der Waals surface area contributed by atoms with Crippen molar-refractivity contribution in [2.45, 2.75) is 12.5 Å². The first-order chi connectivity index (χ1) is 4.54. The number of nitrogens with one attached hydrogen (secondary N) is 2. The highest BCUT2D eigenvalue weighted by Crippen LogP contribution is 2.06. The lowest BCUT2D eigenvalue weighted by Crippen LogP contribution is -2.47. The quantitative estimate of drug-likeness (QED) is 0.448. The summed E-state index contributed by atoms with van der Waals surface area (Å²) in [6.07, 6.45) is 0. The summed E-state index contributed by atoms with van der Waals surface area (Å²) in [6.45, 7) is 1.59. The maximum atomic E-state index is 10.5. The molecule has 0 spiro atoms. The number of carbonyl (C=O) groups is 2. The zero-order chi connectivity index (χ0) is 7.78. The van der Waals surface area contributed by atoms with Crippen molar-refractivity contribution in [2.75, 3.05) is 6.54 Å². The van der Waals surface area contributed by atoms with Crippen molar-refractivity contribution in [3.05, 3.63) is 0 Å². The van der Waals surface area contributed by atoms with Crippen LogP contribution in [0, 0.1) is 0 Å². The standard InChI is InChI=1S/C5H8N2O3/c1-5(3(8)9)2-6-4(10)7-5/h2H2,1H3,(H,8,9)(H2,6,7,10). The first-order valence-electron chi connectivity index (χ1n) is 2.84. The SMILES string of the molecule is CC1(C(=O)O)CNC(=O)N1. The molecule has 1 aliphatic heterocycles. The molecule has 0 bridgehead atoms. The summed E-state index contributed by atoms with van der Waals surface area (Å²) in [7, 11) is 0. The molecule has 5 nitrogen and oxygen atoms in total. The number of hydrogen-bond donors (Lipinski definition) is 3. The van der Waals surface area contributed by atoms with Gasteiger partial charge in [0.05, 0.1) is 6.54 Å². The molecule has 56 valence electrons. The van der Waals surface area contributed by atoms with E-state index in [1.54, 1.807) is 0 Å². The van der Waals surface area contributed by atoms with Gasteiger partial charge < -0.3 is 15.7 Å². The van der Waals surface area contributed by atoms with Gasteiger partial charge in [-0.15, -0.1) is 0 Å². The fourth-order valence-electron chi connectivity index (χ4n) is 0.725. The van der Waals surface area contributed by atoms with E-state index in [0.717, 1.165) is 0 Å². The van der Waals surface area contributed by atoms with E-state index in [1.807, 2.05) is 0 Å². The molecule has 0 radical (unpaired) electrons. The van der Waals surface area contributed by atoms with Crippen LogP contribution in [0.15, 0.2) is 0 Å². The van der Waals surface area contributed by atoms with E-state index in [9.17, 15) is 9.59 Å². The molecule has 1 aliphatic rings. The minimum Gasteiger partial charge on any atom is -0.479 e. The summed E-state index contributed by atoms with van der Waals surface area (Å²) < 4.78 is 0. The van der Waals surface area contributed by atoms with Gasteiger partial charge in [-0.05, 0) is 6.92 Å². The van der Waals surface area contributed by atoms with E-state index >= 15 is 0 Å². The molecule has 0 aromatic heterocycles. The van der Waals surface area contributed by atoms with Crippen LogP contribution in [-0.2, 0) is 4.79 Å². The van der Waals surface area contributed by atoms with Crippen LogP contribution in [0.2, 0.25) is 0 Å². The van der Waals surface area contributed by atoms with Crippen molar-refractivity contribution >= 4 is 12.0 Å². The molecule has 10 heavy (non-hydrogen) atoms. The summed E-state index contributed by atoms with van der Waals surface area (Å²) >= 11 is 0. The molecule has 0 aromatic rings. The molecule has 5 heteroatoms. The third-order valence-corrected chi connectivity index (χ3v) is 1.46. The van der Waals surface area contributed by atoms with Crippen LogP contribution >= 0.6 is 0 Å². The highest BCUT2D eigenvalue weighted by Gasteiger charge is 2.39. The predicted octanol–water partition coefficient (Wildman–Crippen LogP) is -0.857. The maximum Gasteiger partial charge on any atom is 0.331 e. The number of hydrogen-bond acceptors (Lipinski definition) is 2. The van der Waals surface area contributed by atoms with E-state index in [1.165, 1.54) is 6.92 Å². The van der Waals surface area contributed by atoms with E-state index in [2.05, 4.69) is 10.6 Å². The Hall–Kier alpha value is -1.26. The van der Waals surface area contributed by atoms with Crippen LogP contribution in [0.4, 0.5) is 4.79 Å². The van der Waals surface area contributed by atoms with Gasteiger partial charge in [-0.1, -0.05) is 0 Å². The van der Waals surface area contributed by atoms with Crippen molar-refractivity contribution in [2.24, 2.45) is 0 Å². The van der Waals surface area contributed by atoms with Crippen molar-refractivity contribution in [3.8, 4) is 0 Å². The number of carboxylic acids is 1. The lowest BCUT2D eigenvalue weighted by molar-refractivity contribution is -0.142. The van der Waals surface area contributed by atoms with Crippen molar-refractivity contribution < 1.29 is 14.7 Å². The van der Waals surface area contributed by atoms with Gasteiger partial charge in [-0.2, -0.15) is 0 Å². The fourth-order valence-corrected chi connectivity index (χ4v) is 0.725. The van der Waals surface area contributed by atoms with Gasteiger partial charge in [0.2, 0.25) is 0 Å². The molecule has 3 N–H and O–H groups in total. The lowest BCUT2D eigenvalue weighted by Gasteiger charge is -2.14. The minimum absolute atomic E-state index is 0.140. The molecular formula is C5H8N2O3. The molecule has 0 aromatic carbocycles. The molecular weight excluding hydrogens is 136 g/mol. The zero-order valence-electron chi connectivity index (χ0n) is 5.47. The Kier molecular flexibility index (Phi) is 1.28. The van der Waals surface area contributed by atoms with Crippen LogP contribution in [0.5, 0.6) is 0 Å².